The largest absolute Gasteiger partial charge is 0.374 e. The Morgan fingerprint density at radius 1 is 1.29 bits per heavy atom. The molecule has 1 heterocycles. The monoisotopic (exact) mass is 255 g/mol. The molecule has 0 aliphatic heterocycles. The molecule has 98 valence electrons. The van der Waals surface area contributed by atoms with E-state index in [-0.39, 0.29) is 0 Å². The molecule has 1 N–H and O–H groups in total. The van der Waals surface area contributed by atoms with Gasteiger partial charge in [0.25, 0.3) is 0 Å². The predicted molar refractivity (Wildman–Crippen MR) is 75.5 cm³/mol. The van der Waals surface area contributed by atoms with Gasteiger partial charge in [-0.2, -0.15) is 0 Å². The van der Waals surface area contributed by atoms with Gasteiger partial charge < -0.3 is 10.1 Å². The zero-order chi connectivity index (χ0) is 12.8. The van der Waals surface area contributed by atoms with E-state index < -0.39 is 0 Å². The van der Waals surface area contributed by atoms with Crippen LogP contribution in [0, 0.1) is 12.8 Å². The number of hydrogen-bond donors (Lipinski definition) is 1. The van der Waals surface area contributed by atoms with Crippen molar-refractivity contribution >= 4 is 11.3 Å². The molecule has 1 rings (SSSR count). The second-order valence-electron chi connectivity index (χ2n) is 5.18. The Balaban J connectivity index is 2.44. The van der Waals surface area contributed by atoms with Crippen molar-refractivity contribution in [1.29, 1.82) is 0 Å². The van der Waals surface area contributed by atoms with Gasteiger partial charge in [-0.25, -0.2) is 0 Å². The van der Waals surface area contributed by atoms with Crippen molar-refractivity contribution in [2.45, 2.75) is 53.9 Å². The Labute approximate surface area is 109 Å². The summed E-state index contributed by atoms with van der Waals surface area (Å²) in [5, 5.41) is 3.48. The molecular weight excluding hydrogens is 230 g/mol. The molecule has 0 aliphatic carbocycles. The fraction of sp³-hybridized carbons (Fsp3) is 0.714. The van der Waals surface area contributed by atoms with Crippen LogP contribution in [0.1, 0.15) is 43.0 Å². The molecule has 0 spiro atoms. The van der Waals surface area contributed by atoms with Gasteiger partial charge in [-0.3, -0.25) is 0 Å². The summed E-state index contributed by atoms with van der Waals surface area (Å²) in [6.45, 7) is 13.6. The summed E-state index contributed by atoms with van der Waals surface area (Å²) in [6.07, 6.45) is 0.303. The van der Waals surface area contributed by atoms with Crippen molar-refractivity contribution in [1.82, 2.24) is 5.32 Å². The highest BCUT2D eigenvalue weighted by atomic mass is 32.1. The van der Waals surface area contributed by atoms with Gasteiger partial charge in [0.15, 0.2) is 0 Å². The van der Waals surface area contributed by atoms with Gasteiger partial charge in [0.05, 0.1) is 12.7 Å². The van der Waals surface area contributed by atoms with Crippen LogP contribution in [-0.4, -0.2) is 12.6 Å². The van der Waals surface area contributed by atoms with Crippen LogP contribution in [0.3, 0.4) is 0 Å². The average molecular weight is 255 g/mol. The number of rotatable bonds is 7. The zero-order valence-corrected chi connectivity index (χ0v) is 12.5. The van der Waals surface area contributed by atoms with Crippen molar-refractivity contribution < 1.29 is 4.74 Å². The Hall–Kier alpha value is -0.380. The van der Waals surface area contributed by atoms with Crippen LogP contribution in [0.25, 0.3) is 0 Å². The quantitative estimate of drug-likeness (QED) is 0.801. The summed E-state index contributed by atoms with van der Waals surface area (Å²) in [7, 11) is 0. The molecule has 0 amide bonds. The van der Waals surface area contributed by atoms with Crippen LogP contribution < -0.4 is 5.32 Å². The van der Waals surface area contributed by atoms with Crippen LogP contribution in [0.15, 0.2) is 6.07 Å². The standard InChI is InChI=1S/C14H25NOS/c1-10(2)7-15-8-14-6-13(12(5)17-14)9-16-11(3)4/h6,10-11,15H,7-9H2,1-5H3. The maximum Gasteiger partial charge on any atom is 0.0731 e. The number of aryl methyl sites for hydroxylation is 1. The summed E-state index contributed by atoms with van der Waals surface area (Å²) >= 11 is 1.88. The van der Waals surface area contributed by atoms with Crippen molar-refractivity contribution in [3.63, 3.8) is 0 Å². The molecule has 0 atom stereocenters. The first-order chi connectivity index (χ1) is 7.99. The van der Waals surface area contributed by atoms with Gasteiger partial charge >= 0.3 is 0 Å². The molecule has 0 fully saturated rings. The van der Waals surface area contributed by atoms with E-state index in [2.05, 4.69) is 46.0 Å². The highest BCUT2D eigenvalue weighted by Crippen LogP contribution is 2.22. The van der Waals surface area contributed by atoms with Crippen LogP contribution >= 0.6 is 11.3 Å². The van der Waals surface area contributed by atoms with E-state index in [1.165, 1.54) is 15.3 Å². The Morgan fingerprint density at radius 3 is 2.59 bits per heavy atom. The van der Waals surface area contributed by atoms with Gasteiger partial charge in [-0.1, -0.05) is 13.8 Å². The van der Waals surface area contributed by atoms with Crippen LogP contribution in [-0.2, 0) is 17.9 Å². The first-order valence-corrected chi connectivity index (χ1v) is 7.21. The average Bonchev–Trinajstić information content (AvgIpc) is 2.55. The second kappa shape index (κ2) is 7.14. The molecule has 3 heteroatoms. The van der Waals surface area contributed by atoms with Crippen molar-refractivity contribution in [3.8, 4) is 0 Å². The molecule has 0 bridgehead atoms. The predicted octanol–water partition coefficient (Wildman–Crippen LogP) is 3.73. The molecular formula is C14H25NOS. The van der Waals surface area contributed by atoms with E-state index in [1.807, 2.05) is 11.3 Å². The lowest BCUT2D eigenvalue weighted by molar-refractivity contribution is 0.0656. The smallest absolute Gasteiger partial charge is 0.0731 e. The maximum absolute atomic E-state index is 5.65. The fourth-order valence-electron chi connectivity index (χ4n) is 1.56. The molecule has 0 saturated carbocycles. The number of nitrogens with one attached hydrogen (secondary N) is 1. The van der Waals surface area contributed by atoms with Crippen molar-refractivity contribution in [3.05, 3.63) is 21.4 Å². The van der Waals surface area contributed by atoms with Gasteiger partial charge in [0.2, 0.25) is 0 Å². The normalized spacial score (nSPS) is 11.7. The highest BCUT2D eigenvalue weighted by molar-refractivity contribution is 7.12. The summed E-state index contributed by atoms with van der Waals surface area (Å²) in [4.78, 5) is 2.79. The van der Waals surface area contributed by atoms with E-state index >= 15 is 0 Å². The first-order valence-electron chi connectivity index (χ1n) is 6.39. The molecule has 0 aliphatic rings. The van der Waals surface area contributed by atoms with E-state index in [4.69, 9.17) is 4.74 Å². The Bertz CT molecular complexity index is 331. The lowest BCUT2D eigenvalue weighted by Crippen LogP contribution is -2.18. The van der Waals surface area contributed by atoms with E-state index in [9.17, 15) is 0 Å². The minimum atomic E-state index is 0.303. The summed E-state index contributed by atoms with van der Waals surface area (Å²) < 4.78 is 5.65. The van der Waals surface area contributed by atoms with Gasteiger partial charge in [-0.15, -0.1) is 11.3 Å². The molecule has 1 aromatic heterocycles. The molecule has 0 unspecified atom stereocenters. The molecule has 0 aromatic carbocycles. The van der Waals surface area contributed by atoms with Crippen LogP contribution in [0.5, 0.6) is 0 Å². The molecule has 0 saturated heterocycles. The Kier molecular flexibility index (Phi) is 6.17. The van der Waals surface area contributed by atoms with Crippen LogP contribution in [0.2, 0.25) is 0 Å². The third kappa shape index (κ3) is 5.66. The first kappa shape index (κ1) is 14.7. The summed E-state index contributed by atoms with van der Waals surface area (Å²) in [6, 6.07) is 2.27. The minimum absolute atomic E-state index is 0.303. The van der Waals surface area contributed by atoms with Crippen molar-refractivity contribution in [2.24, 2.45) is 5.92 Å². The summed E-state index contributed by atoms with van der Waals surface area (Å²) in [5.41, 5.74) is 1.34. The number of ether oxygens (including phenoxy) is 1. The highest BCUT2D eigenvalue weighted by Gasteiger charge is 2.06. The third-order valence-corrected chi connectivity index (χ3v) is 3.59. The zero-order valence-electron chi connectivity index (χ0n) is 11.7. The van der Waals surface area contributed by atoms with Crippen molar-refractivity contribution in [2.75, 3.05) is 6.54 Å². The molecule has 0 radical (unpaired) electrons. The lowest BCUT2D eigenvalue weighted by Gasteiger charge is -2.06. The second-order valence-corrected chi connectivity index (χ2v) is 6.52. The van der Waals surface area contributed by atoms with E-state index in [0.29, 0.717) is 12.0 Å². The molecule has 1 aromatic rings. The van der Waals surface area contributed by atoms with Gasteiger partial charge in [-0.05, 0) is 44.9 Å². The minimum Gasteiger partial charge on any atom is -0.374 e. The maximum atomic E-state index is 5.65. The number of hydrogen-bond acceptors (Lipinski definition) is 3. The Morgan fingerprint density at radius 2 is 2.00 bits per heavy atom. The molecule has 2 nitrogen and oxygen atoms in total. The van der Waals surface area contributed by atoms with Gasteiger partial charge in [0, 0.05) is 16.3 Å². The van der Waals surface area contributed by atoms with Gasteiger partial charge in [0.1, 0.15) is 0 Å². The van der Waals surface area contributed by atoms with E-state index in [1.54, 1.807) is 0 Å². The lowest BCUT2D eigenvalue weighted by atomic mass is 10.2. The van der Waals surface area contributed by atoms with Crippen LogP contribution in [0.4, 0.5) is 0 Å². The SMILES string of the molecule is Cc1sc(CNCC(C)C)cc1COC(C)C. The fourth-order valence-corrected chi connectivity index (χ4v) is 2.58. The molecule has 17 heavy (non-hydrogen) atoms. The topological polar surface area (TPSA) is 21.3 Å². The number of thiophene rings is 1. The third-order valence-electron chi connectivity index (χ3n) is 2.50. The summed E-state index contributed by atoms with van der Waals surface area (Å²) in [5.74, 6) is 0.708. The van der Waals surface area contributed by atoms with E-state index in [0.717, 1.165) is 19.7 Å².